The van der Waals surface area contributed by atoms with Crippen LogP contribution in [0.4, 0.5) is 19.1 Å². The first-order valence-electron chi connectivity index (χ1n) is 9.70. The third kappa shape index (κ3) is 3.97. The predicted molar refractivity (Wildman–Crippen MR) is 111 cm³/mol. The van der Waals surface area contributed by atoms with Gasteiger partial charge < -0.3 is 14.8 Å². The van der Waals surface area contributed by atoms with Gasteiger partial charge in [-0.3, -0.25) is 9.78 Å². The van der Waals surface area contributed by atoms with Crippen molar-refractivity contribution in [3.8, 4) is 17.2 Å². The Morgan fingerprint density at radius 3 is 2.73 bits per heavy atom. The summed E-state index contributed by atoms with van der Waals surface area (Å²) in [6, 6.07) is 9.55. The number of benzene rings is 2. The molecule has 0 unspecified atom stereocenters. The second-order valence-corrected chi connectivity index (χ2v) is 7.13. The van der Waals surface area contributed by atoms with Gasteiger partial charge in [-0.1, -0.05) is 12.1 Å². The summed E-state index contributed by atoms with van der Waals surface area (Å²) in [7, 11) is 0. The molecular weight excluding hydrogens is 443 g/mol. The van der Waals surface area contributed by atoms with Crippen LogP contribution < -0.4 is 26.0 Å². The van der Waals surface area contributed by atoms with Gasteiger partial charge in [0.2, 0.25) is 5.95 Å². The zero-order valence-corrected chi connectivity index (χ0v) is 16.6. The summed E-state index contributed by atoms with van der Waals surface area (Å²) in [6.07, 6.45) is -2.01. The van der Waals surface area contributed by atoms with E-state index >= 15 is 0 Å². The highest BCUT2D eigenvalue weighted by Crippen LogP contribution is 2.41. The number of alkyl halides is 2. The molecule has 2 N–H and O–H groups in total. The molecule has 0 saturated heterocycles. The summed E-state index contributed by atoms with van der Waals surface area (Å²) in [5.41, 5.74) is -0.676. The van der Waals surface area contributed by atoms with Crippen molar-refractivity contribution in [2.75, 3.05) is 11.9 Å². The van der Waals surface area contributed by atoms with Gasteiger partial charge in [-0.05, 0) is 42.3 Å². The van der Waals surface area contributed by atoms with Gasteiger partial charge in [-0.2, -0.15) is 4.98 Å². The molecule has 0 radical (unpaired) electrons. The highest BCUT2D eigenvalue weighted by molar-refractivity contribution is 5.73. The van der Waals surface area contributed by atoms with E-state index < -0.39 is 23.4 Å². The lowest BCUT2D eigenvalue weighted by atomic mass is 10.1. The Hall–Kier alpha value is -4.35. The van der Waals surface area contributed by atoms with E-state index in [2.05, 4.69) is 29.7 Å². The van der Waals surface area contributed by atoms with Crippen molar-refractivity contribution in [1.29, 1.82) is 0 Å². The predicted octanol–water partition coefficient (Wildman–Crippen LogP) is 2.58. The minimum Gasteiger partial charge on any atom is -0.395 e. The maximum atomic E-state index is 13.5. The molecule has 0 amide bonds. The van der Waals surface area contributed by atoms with Crippen molar-refractivity contribution in [3.05, 3.63) is 80.9 Å². The molecule has 0 fully saturated rings. The third-order valence-electron chi connectivity index (χ3n) is 4.88. The number of anilines is 1. The van der Waals surface area contributed by atoms with Gasteiger partial charge >= 0.3 is 12.0 Å². The van der Waals surface area contributed by atoms with Gasteiger partial charge in [-0.15, -0.1) is 8.78 Å². The Morgan fingerprint density at radius 2 is 1.91 bits per heavy atom. The zero-order chi connectivity index (χ0) is 23.2. The van der Waals surface area contributed by atoms with Crippen LogP contribution in [0.2, 0.25) is 0 Å². The number of aromatic nitrogens is 4. The van der Waals surface area contributed by atoms with Crippen LogP contribution in [0.15, 0.2) is 58.3 Å². The van der Waals surface area contributed by atoms with Crippen LogP contribution in [0.25, 0.3) is 16.7 Å². The number of H-pyrrole nitrogens is 1. The molecule has 0 atom stereocenters. The van der Waals surface area contributed by atoms with Gasteiger partial charge in [0.15, 0.2) is 17.1 Å². The Balaban J connectivity index is 1.34. The number of hydrogen-bond acceptors (Lipinski definition) is 7. The molecule has 3 heterocycles. The highest BCUT2D eigenvalue weighted by atomic mass is 19.3. The van der Waals surface area contributed by atoms with Crippen molar-refractivity contribution in [2.45, 2.75) is 12.7 Å². The standard InChI is InChI=1S/C21H14F3N5O4/c22-12-2-1-3-13(9-12)29-18(30)14-10-26-19(27-17(14)28-20(29)31)25-7-6-11-4-5-15-16(8-11)33-21(23,24)32-15/h1-5,8-10H,6-7H2,(H2,25,26,27,28,31). The molecular formula is C21H14F3N5O4. The number of halogens is 3. The summed E-state index contributed by atoms with van der Waals surface area (Å²) in [5, 5.41) is 2.98. The van der Waals surface area contributed by atoms with E-state index in [1.165, 1.54) is 36.5 Å². The average Bonchev–Trinajstić information content (AvgIpc) is 3.06. The molecule has 4 aromatic rings. The summed E-state index contributed by atoms with van der Waals surface area (Å²) in [5.74, 6) is -0.534. The number of fused-ring (bicyclic) bond motifs is 2. The SMILES string of the molecule is O=c1[nH]c2nc(NCCc3ccc4c(c3)OC(F)(F)O4)ncc2c(=O)n1-c1cccc(F)c1. The molecule has 12 heteroatoms. The first kappa shape index (κ1) is 20.5. The van der Waals surface area contributed by atoms with Crippen LogP contribution in [0.3, 0.4) is 0 Å². The van der Waals surface area contributed by atoms with Gasteiger partial charge in [0.25, 0.3) is 5.56 Å². The smallest absolute Gasteiger partial charge is 0.395 e. The maximum Gasteiger partial charge on any atom is 0.586 e. The van der Waals surface area contributed by atoms with E-state index in [4.69, 9.17) is 0 Å². The topological polar surface area (TPSA) is 111 Å². The second-order valence-electron chi connectivity index (χ2n) is 7.13. The lowest BCUT2D eigenvalue weighted by Crippen LogP contribution is -2.34. The fourth-order valence-corrected chi connectivity index (χ4v) is 3.41. The zero-order valence-electron chi connectivity index (χ0n) is 16.6. The molecule has 1 aliphatic rings. The number of hydrogen-bond donors (Lipinski definition) is 2. The molecule has 9 nitrogen and oxygen atoms in total. The molecule has 0 saturated carbocycles. The number of ether oxygens (including phenoxy) is 2. The summed E-state index contributed by atoms with van der Waals surface area (Å²) in [4.78, 5) is 35.9. The maximum absolute atomic E-state index is 13.5. The fourth-order valence-electron chi connectivity index (χ4n) is 3.41. The third-order valence-corrected chi connectivity index (χ3v) is 4.88. The van der Waals surface area contributed by atoms with E-state index in [0.717, 1.165) is 10.6 Å². The second kappa shape index (κ2) is 7.65. The average molecular weight is 457 g/mol. The van der Waals surface area contributed by atoms with E-state index in [1.54, 1.807) is 6.07 Å². The van der Waals surface area contributed by atoms with E-state index in [9.17, 15) is 22.8 Å². The quantitative estimate of drug-likeness (QED) is 0.474. The number of nitrogens with zero attached hydrogens (tertiary/aromatic N) is 3. The molecule has 1 aliphatic heterocycles. The van der Waals surface area contributed by atoms with E-state index in [1.807, 2.05) is 0 Å². The molecule has 5 rings (SSSR count). The number of aromatic amines is 1. The molecule has 2 aromatic heterocycles. The van der Waals surface area contributed by atoms with Crippen LogP contribution in [0, 0.1) is 5.82 Å². The molecule has 168 valence electrons. The Kier molecular flexibility index (Phi) is 4.77. The Morgan fingerprint density at radius 1 is 1.09 bits per heavy atom. The lowest BCUT2D eigenvalue weighted by molar-refractivity contribution is -0.286. The normalized spacial score (nSPS) is 13.9. The molecule has 33 heavy (non-hydrogen) atoms. The molecule has 2 aromatic carbocycles. The van der Waals surface area contributed by atoms with Crippen molar-refractivity contribution in [2.24, 2.45) is 0 Å². The van der Waals surface area contributed by atoms with Gasteiger partial charge in [-0.25, -0.2) is 18.7 Å². The van der Waals surface area contributed by atoms with Crippen LogP contribution in [-0.2, 0) is 6.42 Å². The summed E-state index contributed by atoms with van der Waals surface area (Å²) >= 11 is 0. The van der Waals surface area contributed by atoms with Crippen LogP contribution in [-0.4, -0.2) is 32.4 Å². The first-order chi connectivity index (χ1) is 15.8. The minimum atomic E-state index is -3.68. The fraction of sp³-hybridized carbons (Fsp3) is 0.143. The minimum absolute atomic E-state index is 0.0143. The number of rotatable bonds is 5. The van der Waals surface area contributed by atoms with Crippen molar-refractivity contribution in [3.63, 3.8) is 0 Å². The first-order valence-corrected chi connectivity index (χ1v) is 9.70. The van der Waals surface area contributed by atoms with E-state index in [0.29, 0.717) is 18.5 Å². The van der Waals surface area contributed by atoms with Gasteiger partial charge in [0, 0.05) is 12.7 Å². The Labute approximate surface area is 182 Å². The molecule has 0 spiro atoms. The van der Waals surface area contributed by atoms with Crippen LogP contribution >= 0.6 is 0 Å². The van der Waals surface area contributed by atoms with Crippen molar-refractivity contribution in [1.82, 2.24) is 19.5 Å². The summed E-state index contributed by atoms with van der Waals surface area (Å²) in [6.45, 7) is 0.326. The molecule has 0 bridgehead atoms. The Bertz CT molecular complexity index is 1500. The summed E-state index contributed by atoms with van der Waals surface area (Å²) < 4.78 is 49.4. The lowest BCUT2D eigenvalue weighted by Gasteiger charge is -2.08. The highest BCUT2D eigenvalue weighted by Gasteiger charge is 2.43. The number of nitrogens with one attached hydrogen (secondary N) is 2. The van der Waals surface area contributed by atoms with Gasteiger partial charge in [0.05, 0.1) is 5.69 Å². The largest absolute Gasteiger partial charge is 0.586 e. The van der Waals surface area contributed by atoms with Gasteiger partial charge in [0.1, 0.15) is 11.2 Å². The van der Waals surface area contributed by atoms with Crippen LogP contribution in [0.5, 0.6) is 11.5 Å². The van der Waals surface area contributed by atoms with E-state index in [-0.39, 0.29) is 34.2 Å². The molecule has 0 aliphatic carbocycles. The van der Waals surface area contributed by atoms with Crippen molar-refractivity contribution < 1.29 is 22.6 Å². The monoisotopic (exact) mass is 457 g/mol. The van der Waals surface area contributed by atoms with Crippen molar-refractivity contribution >= 4 is 17.0 Å². The van der Waals surface area contributed by atoms with Crippen LogP contribution in [0.1, 0.15) is 5.56 Å².